The van der Waals surface area contributed by atoms with Crippen LogP contribution < -0.4 is 4.74 Å². The first-order valence-corrected chi connectivity index (χ1v) is 7.56. The molecule has 2 nitrogen and oxygen atoms in total. The lowest BCUT2D eigenvalue weighted by Crippen LogP contribution is -1.95. The first-order valence-electron chi connectivity index (χ1n) is 5.89. The first-order chi connectivity index (χ1) is 8.72. The SMILES string of the molecule is O[C@@H]1CCc2cc(OCc3cc(Br)cs3)ccc21. The number of hydrogen-bond acceptors (Lipinski definition) is 3. The Hall–Kier alpha value is -0.840. The van der Waals surface area contributed by atoms with Gasteiger partial charge in [0.25, 0.3) is 0 Å². The predicted molar refractivity (Wildman–Crippen MR) is 76.1 cm³/mol. The zero-order valence-corrected chi connectivity index (χ0v) is 12.1. The Labute approximate surface area is 118 Å². The summed E-state index contributed by atoms with van der Waals surface area (Å²) in [4.78, 5) is 1.20. The van der Waals surface area contributed by atoms with Crippen molar-refractivity contribution >= 4 is 27.3 Å². The number of aryl methyl sites for hydroxylation is 1. The van der Waals surface area contributed by atoms with E-state index in [4.69, 9.17) is 4.74 Å². The molecule has 2 aromatic rings. The number of thiophene rings is 1. The van der Waals surface area contributed by atoms with Gasteiger partial charge in [-0.3, -0.25) is 0 Å². The van der Waals surface area contributed by atoms with Crippen LogP contribution >= 0.6 is 27.3 Å². The third-order valence-electron chi connectivity index (χ3n) is 3.16. The molecule has 1 aliphatic rings. The Morgan fingerprint density at radius 3 is 3.06 bits per heavy atom. The van der Waals surface area contributed by atoms with Crippen molar-refractivity contribution in [1.82, 2.24) is 0 Å². The second-order valence-electron chi connectivity index (χ2n) is 4.44. The molecule has 0 unspecified atom stereocenters. The number of benzene rings is 1. The van der Waals surface area contributed by atoms with Crippen LogP contribution in [-0.4, -0.2) is 5.11 Å². The van der Waals surface area contributed by atoms with E-state index >= 15 is 0 Å². The highest BCUT2D eigenvalue weighted by Gasteiger charge is 2.20. The molecule has 1 aromatic carbocycles. The molecule has 0 saturated heterocycles. The minimum absolute atomic E-state index is 0.290. The van der Waals surface area contributed by atoms with E-state index in [2.05, 4.69) is 27.4 Å². The normalized spacial score (nSPS) is 17.8. The van der Waals surface area contributed by atoms with E-state index in [-0.39, 0.29) is 6.10 Å². The largest absolute Gasteiger partial charge is 0.488 e. The fourth-order valence-electron chi connectivity index (χ4n) is 2.25. The van der Waals surface area contributed by atoms with Crippen LogP contribution in [0.4, 0.5) is 0 Å². The fraction of sp³-hybridized carbons (Fsp3) is 0.286. The highest BCUT2D eigenvalue weighted by Crippen LogP contribution is 2.33. The summed E-state index contributed by atoms with van der Waals surface area (Å²) >= 11 is 5.12. The Morgan fingerprint density at radius 2 is 2.28 bits per heavy atom. The molecule has 1 aliphatic carbocycles. The van der Waals surface area contributed by atoms with Crippen LogP contribution in [-0.2, 0) is 13.0 Å². The molecule has 0 bridgehead atoms. The van der Waals surface area contributed by atoms with Gasteiger partial charge in [0.05, 0.1) is 6.10 Å². The molecule has 0 spiro atoms. The van der Waals surface area contributed by atoms with Crippen molar-refractivity contribution in [2.24, 2.45) is 0 Å². The average Bonchev–Trinajstić information content (AvgIpc) is 2.94. The van der Waals surface area contributed by atoms with E-state index in [1.807, 2.05) is 18.2 Å². The lowest BCUT2D eigenvalue weighted by Gasteiger charge is -2.08. The summed E-state index contributed by atoms with van der Waals surface area (Å²) in [7, 11) is 0. The van der Waals surface area contributed by atoms with Crippen LogP contribution in [0.2, 0.25) is 0 Å². The predicted octanol–water partition coefficient (Wildman–Crippen LogP) is 4.07. The zero-order valence-electron chi connectivity index (χ0n) is 9.73. The van der Waals surface area contributed by atoms with Gasteiger partial charge in [-0.1, -0.05) is 6.07 Å². The smallest absolute Gasteiger partial charge is 0.122 e. The monoisotopic (exact) mass is 324 g/mol. The second-order valence-corrected chi connectivity index (χ2v) is 6.35. The lowest BCUT2D eigenvalue weighted by atomic mass is 10.1. The number of aliphatic hydroxyl groups is 1. The van der Waals surface area contributed by atoms with Crippen molar-refractivity contribution in [2.45, 2.75) is 25.6 Å². The third-order valence-corrected chi connectivity index (χ3v) is 4.83. The fourth-order valence-corrected chi connectivity index (χ4v) is 3.61. The van der Waals surface area contributed by atoms with Crippen LogP contribution in [0.15, 0.2) is 34.1 Å². The van der Waals surface area contributed by atoms with E-state index in [9.17, 15) is 5.11 Å². The third kappa shape index (κ3) is 2.46. The molecular formula is C14H13BrO2S. The summed E-state index contributed by atoms with van der Waals surface area (Å²) in [6, 6.07) is 8.04. The maximum atomic E-state index is 9.74. The number of fused-ring (bicyclic) bond motifs is 1. The highest BCUT2D eigenvalue weighted by atomic mass is 79.9. The van der Waals surface area contributed by atoms with Crippen LogP contribution in [0.5, 0.6) is 5.75 Å². The van der Waals surface area contributed by atoms with Gasteiger partial charge in [0.1, 0.15) is 12.4 Å². The molecule has 4 heteroatoms. The van der Waals surface area contributed by atoms with Gasteiger partial charge in [-0.15, -0.1) is 11.3 Å². The number of ether oxygens (including phenoxy) is 1. The number of rotatable bonds is 3. The first kappa shape index (κ1) is 12.2. The topological polar surface area (TPSA) is 29.5 Å². The molecular weight excluding hydrogens is 312 g/mol. The maximum absolute atomic E-state index is 9.74. The standard InChI is InChI=1S/C14H13BrO2S/c15-10-6-12(18-8-10)7-17-11-2-3-13-9(5-11)1-4-14(13)16/h2-3,5-6,8,14,16H,1,4,7H2/t14-/m1/s1. The van der Waals surface area contributed by atoms with Gasteiger partial charge in [-0.25, -0.2) is 0 Å². The van der Waals surface area contributed by atoms with E-state index in [1.54, 1.807) is 11.3 Å². The molecule has 1 heterocycles. The lowest BCUT2D eigenvalue weighted by molar-refractivity contribution is 0.180. The molecule has 94 valence electrons. The minimum atomic E-state index is -0.290. The second kappa shape index (κ2) is 5.03. The summed E-state index contributed by atoms with van der Waals surface area (Å²) in [5.41, 5.74) is 2.27. The van der Waals surface area contributed by atoms with Gasteiger partial charge < -0.3 is 9.84 Å². The Kier molecular flexibility index (Phi) is 3.41. The van der Waals surface area contributed by atoms with Crippen LogP contribution in [0.3, 0.4) is 0 Å². The summed E-state index contributed by atoms with van der Waals surface area (Å²) in [6.07, 6.45) is 1.48. The van der Waals surface area contributed by atoms with E-state index in [0.29, 0.717) is 6.61 Å². The summed E-state index contributed by atoms with van der Waals surface area (Å²) in [5, 5.41) is 11.8. The van der Waals surface area contributed by atoms with Crippen molar-refractivity contribution in [1.29, 1.82) is 0 Å². The molecule has 3 rings (SSSR count). The molecule has 18 heavy (non-hydrogen) atoms. The van der Waals surface area contributed by atoms with Gasteiger partial charge in [0.15, 0.2) is 0 Å². The molecule has 0 saturated carbocycles. The molecule has 0 aliphatic heterocycles. The van der Waals surface area contributed by atoms with Crippen molar-refractivity contribution in [3.8, 4) is 5.75 Å². The van der Waals surface area contributed by atoms with Gasteiger partial charge in [-0.05, 0) is 58.1 Å². The summed E-state index contributed by atoms with van der Waals surface area (Å²) < 4.78 is 6.87. The highest BCUT2D eigenvalue weighted by molar-refractivity contribution is 9.10. The van der Waals surface area contributed by atoms with Crippen LogP contribution in [0, 0.1) is 0 Å². The van der Waals surface area contributed by atoms with Crippen LogP contribution in [0.1, 0.15) is 28.5 Å². The number of halogens is 1. The quantitative estimate of drug-likeness (QED) is 0.922. The zero-order chi connectivity index (χ0) is 12.5. The summed E-state index contributed by atoms with van der Waals surface area (Å²) in [6.45, 7) is 0.595. The average molecular weight is 325 g/mol. The number of hydrogen-bond donors (Lipinski definition) is 1. The summed E-state index contributed by atoms with van der Waals surface area (Å²) in [5.74, 6) is 0.882. The van der Waals surface area contributed by atoms with Crippen molar-refractivity contribution in [3.05, 3.63) is 50.1 Å². The Bertz CT molecular complexity index is 565. The van der Waals surface area contributed by atoms with Crippen molar-refractivity contribution < 1.29 is 9.84 Å². The molecule has 1 atom stereocenters. The maximum Gasteiger partial charge on any atom is 0.122 e. The molecule has 0 amide bonds. The Morgan fingerprint density at radius 1 is 1.39 bits per heavy atom. The van der Waals surface area contributed by atoms with Crippen LogP contribution in [0.25, 0.3) is 0 Å². The van der Waals surface area contributed by atoms with E-state index in [0.717, 1.165) is 28.6 Å². The van der Waals surface area contributed by atoms with Gasteiger partial charge in [-0.2, -0.15) is 0 Å². The van der Waals surface area contributed by atoms with Gasteiger partial charge >= 0.3 is 0 Å². The molecule has 1 aromatic heterocycles. The van der Waals surface area contributed by atoms with Gasteiger partial charge in [0, 0.05) is 14.7 Å². The van der Waals surface area contributed by atoms with E-state index < -0.39 is 0 Å². The van der Waals surface area contributed by atoms with Gasteiger partial charge in [0.2, 0.25) is 0 Å². The van der Waals surface area contributed by atoms with Crippen molar-refractivity contribution in [2.75, 3.05) is 0 Å². The van der Waals surface area contributed by atoms with Crippen molar-refractivity contribution in [3.63, 3.8) is 0 Å². The molecule has 0 radical (unpaired) electrons. The molecule has 0 fully saturated rings. The molecule has 1 N–H and O–H groups in total. The Balaban J connectivity index is 1.70. The number of aliphatic hydroxyl groups excluding tert-OH is 1. The minimum Gasteiger partial charge on any atom is -0.488 e. The van der Waals surface area contributed by atoms with E-state index in [1.165, 1.54) is 10.4 Å².